The number of nitriles is 1. The van der Waals surface area contributed by atoms with E-state index < -0.39 is 0 Å². The van der Waals surface area contributed by atoms with Crippen LogP contribution in [0.5, 0.6) is 0 Å². The fourth-order valence-electron chi connectivity index (χ4n) is 4.57. The molecule has 0 saturated heterocycles. The van der Waals surface area contributed by atoms with Crippen LogP contribution < -0.4 is 0 Å². The van der Waals surface area contributed by atoms with Gasteiger partial charge in [0, 0.05) is 17.6 Å². The second kappa shape index (κ2) is 6.70. The summed E-state index contributed by atoms with van der Waals surface area (Å²) in [6.07, 6.45) is 4.97. The first-order valence-corrected chi connectivity index (χ1v) is 9.45. The summed E-state index contributed by atoms with van der Waals surface area (Å²) in [6.45, 7) is 2.78. The van der Waals surface area contributed by atoms with E-state index in [0.717, 1.165) is 55.4 Å². The van der Waals surface area contributed by atoms with Gasteiger partial charge in [-0.3, -0.25) is 4.79 Å². The molecule has 0 aliphatic heterocycles. The van der Waals surface area contributed by atoms with E-state index in [1.165, 1.54) is 5.56 Å². The normalized spacial score (nSPS) is 24.5. The van der Waals surface area contributed by atoms with Gasteiger partial charge < -0.3 is 4.74 Å². The molecule has 1 saturated carbocycles. The molecular formula is C23H23NO2. The Morgan fingerprint density at radius 3 is 2.65 bits per heavy atom. The highest BCUT2D eigenvalue weighted by Gasteiger charge is 2.47. The lowest BCUT2D eigenvalue weighted by atomic mass is 9.70. The van der Waals surface area contributed by atoms with Crippen LogP contribution >= 0.6 is 0 Å². The monoisotopic (exact) mass is 345 g/mol. The van der Waals surface area contributed by atoms with Crippen molar-refractivity contribution in [1.29, 1.82) is 5.26 Å². The quantitative estimate of drug-likeness (QED) is 0.792. The summed E-state index contributed by atoms with van der Waals surface area (Å²) in [5, 5.41) is 9.12. The molecule has 3 heteroatoms. The fraction of sp³-hybridized carbons (Fsp3) is 0.391. The maximum Gasteiger partial charge on any atom is 0.169 e. The van der Waals surface area contributed by atoms with Crippen LogP contribution in [0.25, 0.3) is 11.1 Å². The molecule has 0 atom stereocenters. The molecule has 0 aromatic heterocycles. The average Bonchev–Trinajstić information content (AvgIpc) is 2.95. The van der Waals surface area contributed by atoms with Crippen molar-refractivity contribution < 1.29 is 9.53 Å². The Morgan fingerprint density at radius 1 is 1.15 bits per heavy atom. The van der Waals surface area contributed by atoms with E-state index in [1.807, 2.05) is 31.2 Å². The third-order valence-electron chi connectivity index (χ3n) is 5.98. The zero-order valence-electron chi connectivity index (χ0n) is 15.1. The first-order chi connectivity index (χ1) is 12.6. The van der Waals surface area contributed by atoms with Crippen molar-refractivity contribution in [1.82, 2.24) is 0 Å². The number of hydrogen-bond acceptors (Lipinski definition) is 3. The molecule has 2 aromatic rings. The third kappa shape index (κ3) is 2.85. The van der Waals surface area contributed by atoms with Crippen LogP contribution in [0.2, 0.25) is 0 Å². The second-order valence-electron chi connectivity index (χ2n) is 7.51. The summed E-state index contributed by atoms with van der Waals surface area (Å²) in [5.41, 5.74) is 4.46. The van der Waals surface area contributed by atoms with Crippen LogP contribution in [0.15, 0.2) is 42.5 Å². The summed E-state index contributed by atoms with van der Waals surface area (Å²) >= 11 is 0. The van der Waals surface area contributed by atoms with E-state index in [2.05, 4.69) is 18.2 Å². The van der Waals surface area contributed by atoms with Crippen molar-refractivity contribution in [3.8, 4) is 17.2 Å². The number of hydrogen-bond donors (Lipinski definition) is 0. The lowest BCUT2D eigenvalue weighted by molar-refractivity contribution is 0.00748. The predicted molar refractivity (Wildman–Crippen MR) is 101 cm³/mol. The van der Waals surface area contributed by atoms with Crippen molar-refractivity contribution in [2.45, 2.75) is 45.1 Å². The molecule has 0 bridgehead atoms. The first-order valence-electron chi connectivity index (χ1n) is 9.45. The van der Waals surface area contributed by atoms with Crippen molar-refractivity contribution in [2.24, 2.45) is 5.41 Å². The van der Waals surface area contributed by atoms with Crippen LogP contribution in [-0.4, -0.2) is 18.5 Å². The van der Waals surface area contributed by atoms with Crippen molar-refractivity contribution in [3.05, 3.63) is 59.2 Å². The van der Waals surface area contributed by atoms with Gasteiger partial charge in [0.25, 0.3) is 0 Å². The van der Waals surface area contributed by atoms with Crippen molar-refractivity contribution in [2.75, 3.05) is 6.61 Å². The molecule has 2 aliphatic carbocycles. The molecule has 1 spiro atoms. The Hall–Kier alpha value is -2.44. The molecule has 1 fully saturated rings. The number of rotatable bonds is 3. The number of ketones is 1. The third-order valence-corrected chi connectivity index (χ3v) is 5.98. The van der Waals surface area contributed by atoms with E-state index >= 15 is 0 Å². The van der Waals surface area contributed by atoms with Gasteiger partial charge in [-0.15, -0.1) is 0 Å². The highest BCUT2D eigenvalue weighted by atomic mass is 16.5. The highest BCUT2D eigenvalue weighted by Crippen LogP contribution is 2.48. The number of nitrogens with zero attached hydrogens (tertiary/aromatic N) is 1. The topological polar surface area (TPSA) is 50.1 Å². The summed E-state index contributed by atoms with van der Waals surface area (Å²) in [5.74, 6) is 0.306. The molecular weight excluding hydrogens is 322 g/mol. The Kier molecular flexibility index (Phi) is 4.38. The molecule has 2 aliphatic rings. The maximum atomic E-state index is 13.3. The number of Topliss-reactive ketones (excluding diaryl/α,β-unsaturated/α-hetero) is 1. The Bertz CT molecular complexity index is 885. The van der Waals surface area contributed by atoms with Gasteiger partial charge in [-0.1, -0.05) is 24.3 Å². The highest BCUT2D eigenvalue weighted by molar-refractivity contribution is 6.05. The fourth-order valence-corrected chi connectivity index (χ4v) is 4.57. The van der Waals surface area contributed by atoms with Crippen LogP contribution in [0.4, 0.5) is 0 Å². The van der Waals surface area contributed by atoms with Gasteiger partial charge in [0.1, 0.15) is 0 Å². The van der Waals surface area contributed by atoms with Gasteiger partial charge in [0.05, 0.1) is 17.7 Å². The molecule has 132 valence electrons. The maximum absolute atomic E-state index is 13.3. The lowest BCUT2D eigenvalue weighted by Gasteiger charge is -2.35. The molecule has 0 radical (unpaired) electrons. The number of carbonyl (C=O) groups is 1. The standard InChI is InChI=1S/C23H23NO2/c1-2-26-20-8-10-23(11-9-20)14-19-7-6-18(13-21(19)22(23)25)17-5-3-4-16(12-17)15-24/h3-7,12-13,20H,2,8-11,14H2,1H3/t20-,23+. The summed E-state index contributed by atoms with van der Waals surface area (Å²) in [4.78, 5) is 13.3. The van der Waals surface area contributed by atoms with Gasteiger partial charge in [-0.25, -0.2) is 0 Å². The van der Waals surface area contributed by atoms with Crippen LogP contribution in [-0.2, 0) is 11.2 Å². The van der Waals surface area contributed by atoms with Gasteiger partial charge in [-0.05, 0) is 73.9 Å². The van der Waals surface area contributed by atoms with Crippen LogP contribution in [0.1, 0.15) is 54.1 Å². The molecule has 0 N–H and O–H groups in total. The molecule has 2 aromatic carbocycles. The number of ether oxygens (including phenoxy) is 1. The van der Waals surface area contributed by atoms with E-state index in [1.54, 1.807) is 6.07 Å². The van der Waals surface area contributed by atoms with E-state index in [9.17, 15) is 4.79 Å². The van der Waals surface area contributed by atoms with Crippen molar-refractivity contribution >= 4 is 5.78 Å². The van der Waals surface area contributed by atoms with E-state index in [0.29, 0.717) is 17.5 Å². The Morgan fingerprint density at radius 2 is 1.92 bits per heavy atom. The number of carbonyl (C=O) groups excluding carboxylic acids is 1. The van der Waals surface area contributed by atoms with E-state index in [-0.39, 0.29) is 5.41 Å². The molecule has 26 heavy (non-hydrogen) atoms. The first kappa shape index (κ1) is 17.0. The summed E-state index contributed by atoms with van der Waals surface area (Å²) in [7, 11) is 0. The molecule has 0 amide bonds. The number of benzene rings is 2. The Labute approximate surface area is 154 Å². The largest absolute Gasteiger partial charge is 0.379 e. The average molecular weight is 345 g/mol. The molecule has 3 nitrogen and oxygen atoms in total. The van der Waals surface area contributed by atoms with Crippen LogP contribution in [0.3, 0.4) is 0 Å². The molecule has 4 rings (SSSR count). The second-order valence-corrected chi connectivity index (χ2v) is 7.51. The lowest BCUT2D eigenvalue weighted by Crippen LogP contribution is -2.35. The van der Waals surface area contributed by atoms with Crippen molar-refractivity contribution in [3.63, 3.8) is 0 Å². The smallest absolute Gasteiger partial charge is 0.169 e. The van der Waals surface area contributed by atoms with Gasteiger partial charge in [0.15, 0.2) is 5.78 Å². The van der Waals surface area contributed by atoms with Gasteiger partial charge in [0.2, 0.25) is 0 Å². The molecule has 0 heterocycles. The minimum Gasteiger partial charge on any atom is -0.379 e. The van der Waals surface area contributed by atoms with E-state index in [4.69, 9.17) is 10.00 Å². The summed E-state index contributed by atoms with van der Waals surface area (Å²) in [6, 6.07) is 15.9. The number of fused-ring (bicyclic) bond motifs is 1. The SMILES string of the molecule is CCO[C@H]1CC[C@@]2(CC1)Cc1ccc(-c3cccc(C#N)c3)cc1C2=O. The predicted octanol–water partition coefficient (Wildman–Crippen LogP) is 4.93. The minimum absolute atomic E-state index is 0.219. The zero-order valence-corrected chi connectivity index (χ0v) is 15.1. The zero-order chi connectivity index (χ0) is 18.1. The summed E-state index contributed by atoms with van der Waals surface area (Å²) < 4.78 is 5.76. The van der Waals surface area contributed by atoms with Crippen LogP contribution in [0, 0.1) is 16.7 Å². The Balaban J connectivity index is 1.61. The minimum atomic E-state index is -0.219. The van der Waals surface area contributed by atoms with Gasteiger partial charge >= 0.3 is 0 Å². The van der Waals surface area contributed by atoms with Gasteiger partial charge in [-0.2, -0.15) is 5.26 Å². The molecule has 0 unspecified atom stereocenters.